The topological polar surface area (TPSA) is 42.0 Å². The molecule has 0 N–H and O–H groups in total. The fourth-order valence-corrected chi connectivity index (χ4v) is 4.82. The van der Waals surface area contributed by atoms with E-state index in [2.05, 4.69) is 36.1 Å². The van der Waals surface area contributed by atoms with Gasteiger partial charge in [-0.1, -0.05) is 25.5 Å². The van der Waals surface area contributed by atoms with Crippen LogP contribution in [0, 0.1) is 5.92 Å². The number of hydrogen-bond acceptors (Lipinski definition) is 4. The molecule has 1 aromatic rings. The molecule has 2 fully saturated rings. The number of carbonyl (C=O) groups excluding carboxylic acids is 1. The Balaban J connectivity index is 1.26. The first-order valence-corrected chi connectivity index (χ1v) is 12.5. The molecule has 1 aromatic carbocycles. The van der Waals surface area contributed by atoms with Gasteiger partial charge in [0.1, 0.15) is 5.75 Å². The van der Waals surface area contributed by atoms with Crippen LogP contribution in [0.5, 0.6) is 5.75 Å². The minimum Gasteiger partial charge on any atom is -0.494 e. The molecule has 31 heavy (non-hydrogen) atoms. The highest BCUT2D eigenvalue weighted by Gasteiger charge is 2.24. The zero-order valence-electron chi connectivity index (χ0n) is 19.9. The van der Waals surface area contributed by atoms with E-state index < -0.39 is 0 Å². The van der Waals surface area contributed by atoms with Crippen molar-refractivity contribution in [1.82, 2.24) is 9.80 Å². The lowest BCUT2D eigenvalue weighted by molar-refractivity contribution is 0.0645. The summed E-state index contributed by atoms with van der Waals surface area (Å²) in [4.78, 5) is 16.4. The Morgan fingerprint density at radius 3 is 2.29 bits per heavy atom. The van der Waals surface area contributed by atoms with Gasteiger partial charge in [0.25, 0.3) is 0 Å². The minimum absolute atomic E-state index is 0.0413. The van der Waals surface area contributed by atoms with Crippen LogP contribution in [-0.4, -0.2) is 61.3 Å². The van der Waals surface area contributed by atoms with Gasteiger partial charge >= 0.3 is 6.09 Å². The molecule has 5 nitrogen and oxygen atoms in total. The highest BCUT2D eigenvalue weighted by Crippen LogP contribution is 2.29. The number of amides is 1. The SMILES string of the molecule is CCN1CCC(c2ccc(OCCCCC3CCN(C(=O)OC(C)C)CC3)cc2)CC1. The van der Waals surface area contributed by atoms with E-state index in [1.54, 1.807) is 0 Å². The molecule has 0 radical (unpaired) electrons. The summed E-state index contributed by atoms with van der Waals surface area (Å²) in [5, 5.41) is 0. The van der Waals surface area contributed by atoms with Crippen molar-refractivity contribution in [3.8, 4) is 5.75 Å². The largest absolute Gasteiger partial charge is 0.494 e. The third-order valence-electron chi connectivity index (χ3n) is 6.87. The van der Waals surface area contributed by atoms with Gasteiger partial charge in [-0.3, -0.25) is 0 Å². The normalized spacial score (nSPS) is 19.0. The van der Waals surface area contributed by atoms with E-state index in [-0.39, 0.29) is 12.2 Å². The number of carbonyl (C=O) groups is 1. The van der Waals surface area contributed by atoms with Crippen molar-refractivity contribution in [2.75, 3.05) is 39.3 Å². The number of piperidine rings is 2. The smallest absolute Gasteiger partial charge is 0.410 e. The van der Waals surface area contributed by atoms with E-state index in [4.69, 9.17) is 9.47 Å². The van der Waals surface area contributed by atoms with Gasteiger partial charge in [-0.05, 0) is 102 Å². The summed E-state index contributed by atoms with van der Waals surface area (Å²) in [6.07, 6.45) is 8.03. The van der Waals surface area contributed by atoms with E-state index in [1.165, 1.54) is 50.9 Å². The van der Waals surface area contributed by atoms with Crippen molar-refractivity contribution in [2.24, 2.45) is 5.92 Å². The van der Waals surface area contributed by atoms with E-state index in [9.17, 15) is 4.79 Å². The molecule has 5 heteroatoms. The fourth-order valence-electron chi connectivity index (χ4n) is 4.82. The van der Waals surface area contributed by atoms with Gasteiger partial charge in [0.15, 0.2) is 0 Å². The number of hydrogen-bond donors (Lipinski definition) is 0. The molecule has 2 heterocycles. The van der Waals surface area contributed by atoms with E-state index in [0.717, 1.165) is 50.6 Å². The summed E-state index contributed by atoms with van der Waals surface area (Å²) < 4.78 is 11.3. The highest BCUT2D eigenvalue weighted by molar-refractivity contribution is 5.67. The van der Waals surface area contributed by atoms with Gasteiger partial charge in [-0.15, -0.1) is 0 Å². The second kappa shape index (κ2) is 12.3. The molecular formula is C26H42N2O3. The van der Waals surface area contributed by atoms with Crippen molar-refractivity contribution >= 4 is 6.09 Å². The third kappa shape index (κ3) is 7.71. The summed E-state index contributed by atoms with van der Waals surface area (Å²) in [7, 11) is 0. The number of benzene rings is 1. The van der Waals surface area contributed by atoms with Crippen molar-refractivity contribution in [1.29, 1.82) is 0 Å². The molecular weight excluding hydrogens is 388 g/mol. The number of ether oxygens (including phenoxy) is 2. The predicted molar refractivity (Wildman–Crippen MR) is 126 cm³/mol. The first kappa shape index (κ1) is 23.9. The van der Waals surface area contributed by atoms with E-state index in [0.29, 0.717) is 5.92 Å². The van der Waals surface area contributed by atoms with Gasteiger partial charge < -0.3 is 19.3 Å². The molecule has 0 atom stereocenters. The molecule has 0 aliphatic carbocycles. The molecule has 174 valence electrons. The quantitative estimate of drug-likeness (QED) is 0.472. The third-order valence-corrected chi connectivity index (χ3v) is 6.87. The maximum absolute atomic E-state index is 12.0. The molecule has 0 saturated carbocycles. The Bertz CT molecular complexity index is 645. The highest BCUT2D eigenvalue weighted by atomic mass is 16.6. The monoisotopic (exact) mass is 430 g/mol. The average Bonchev–Trinajstić information content (AvgIpc) is 2.79. The molecule has 1 amide bonds. The number of rotatable bonds is 9. The van der Waals surface area contributed by atoms with Crippen LogP contribution >= 0.6 is 0 Å². The summed E-state index contributed by atoms with van der Waals surface area (Å²) in [5.41, 5.74) is 1.46. The van der Waals surface area contributed by atoms with Crippen molar-refractivity contribution in [3.05, 3.63) is 29.8 Å². The summed E-state index contributed by atoms with van der Waals surface area (Å²) >= 11 is 0. The Kier molecular flexibility index (Phi) is 9.51. The Morgan fingerprint density at radius 1 is 1.00 bits per heavy atom. The number of likely N-dealkylation sites (tertiary alicyclic amines) is 2. The van der Waals surface area contributed by atoms with Crippen LogP contribution in [0.1, 0.15) is 77.2 Å². The van der Waals surface area contributed by atoms with Crippen molar-refractivity contribution in [3.63, 3.8) is 0 Å². The minimum atomic E-state index is -0.153. The Hall–Kier alpha value is -1.75. The van der Waals surface area contributed by atoms with E-state index in [1.807, 2.05) is 18.7 Å². The van der Waals surface area contributed by atoms with Crippen molar-refractivity contribution in [2.45, 2.75) is 77.7 Å². The predicted octanol–water partition coefficient (Wildman–Crippen LogP) is 5.69. The van der Waals surface area contributed by atoms with Gasteiger partial charge in [0.2, 0.25) is 0 Å². The van der Waals surface area contributed by atoms with Crippen LogP contribution in [-0.2, 0) is 4.74 Å². The first-order chi connectivity index (χ1) is 15.0. The van der Waals surface area contributed by atoms with Gasteiger partial charge in [-0.2, -0.15) is 0 Å². The van der Waals surface area contributed by atoms with E-state index >= 15 is 0 Å². The first-order valence-electron chi connectivity index (χ1n) is 12.5. The Labute approximate surface area is 189 Å². The van der Waals surface area contributed by atoms with Crippen LogP contribution in [0.15, 0.2) is 24.3 Å². The molecule has 2 aliphatic rings. The van der Waals surface area contributed by atoms with Crippen LogP contribution in [0.4, 0.5) is 4.79 Å². The standard InChI is InChI=1S/C26H42N2O3/c1-4-27-16-14-24(15-17-27)23-8-10-25(11-9-23)30-20-6-5-7-22-12-18-28(19-13-22)26(29)31-21(2)3/h8-11,21-22,24H,4-7,12-20H2,1-3H3. The number of unbranched alkanes of at least 4 members (excludes halogenated alkanes) is 1. The maximum atomic E-state index is 12.0. The molecule has 0 bridgehead atoms. The van der Waals surface area contributed by atoms with Gasteiger partial charge in [-0.25, -0.2) is 4.79 Å². The molecule has 0 aromatic heterocycles. The van der Waals surface area contributed by atoms with Crippen molar-refractivity contribution < 1.29 is 14.3 Å². The zero-order chi connectivity index (χ0) is 22.1. The van der Waals surface area contributed by atoms with Crippen LogP contribution in [0.25, 0.3) is 0 Å². The average molecular weight is 431 g/mol. The zero-order valence-corrected chi connectivity index (χ0v) is 19.9. The molecule has 2 saturated heterocycles. The summed E-state index contributed by atoms with van der Waals surface area (Å²) in [5.74, 6) is 2.42. The fraction of sp³-hybridized carbons (Fsp3) is 0.731. The molecule has 0 spiro atoms. The van der Waals surface area contributed by atoms with Gasteiger partial charge in [0, 0.05) is 13.1 Å². The summed E-state index contributed by atoms with van der Waals surface area (Å²) in [6, 6.07) is 8.82. The maximum Gasteiger partial charge on any atom is 0.410 e. The van der Waals surface area contributed by atoms with Crippen LogP contribution in [0.3, 0.4) is 0 Å². The molecule has 0 unspecified atom stereocenters. The molecule has 3 rings (SSSR count). The number of nitrogens with zero attached hydrogens (tertiary/aromatic N) is 2. The lowest BCUT2D eigenvalue weighted by atomic mass is 9.89. The molecule has 2 aliphatic heterocycles. The van der Waals surface area contributed by atoms with Crippen LogP contribution < -0.4 is 4.74 Å². The lowest BCUT2D eigenvalue weighted by Crippen LogP contribution is -2.39. The van der Waals surface area contributed by atoms with Crippen LogP contribution in [0.2, 0.25) is 0 Å². The van der Waals surface area contributed by atoms with Gasteiger partial charge in [0.05, 0.1) is 12.7 Å². The second-order valence-electron chi connectivity index (χ2n) is 9.48. The Morgan fingerprint density at radius 2 is 1.68 bits per heavy atom. The lowest BCUT2D eigenvalue weighted by Gasteiger charge is -2.31. The second-order valence-corrected chi connectivity index (χ2v) is 9.48. The summed E-state index contributed by atoms with van der Waals surface area (Å²) in [6.45, 7) is 12.1.